The zero-order valence-electron chi connectivity index (χ0n) is 30.0. The Morgan fingerprint density at radius 2 is 1.78 bits per heavy atom. The monoisotopic (exact) mass is 782 g/mol. The molecule has 0 spiro atoms. The highest BCUT2D eigenvalue weighted by molar-refractivity contribution is 7.98. The molecule has 16 heteroatoms. The summed E-state index contributed by atoms with van der Waals surface area (Å²) in [4.78, 5) is 71.8. The Morgan fingerprint density at radius 1 is 1.02 bits per heavy atom. The predicted molar refractivity (Wildman–Crippen MR) is 201 cm³/mol. The van der Waals surface area contributed by atoms with Gasteiger partial charge in [0.25, 0.3) is 11.8 Å². The quantitative estimate of drug-likeness (QED) is 0.0693. The van der Waals surface area contributed by atoms with Crippen molar-refractivity contribution in [1.82, 2.24) is 20.2 Å². The molecule has 3 heterocycles. The second kappa shape index (κ2) is 16.6. The Morgan fingerprint density at radius 3 is 2.51 bits per heavy atom. The molecule has 0 bridgehead atoms. The van der Waals surface area contributed by atoms with E-state index in [0.717, 1.165) is 21.7 Å². The zero-order chi connectivity index (χ0) is 39.3. The van der Waals surface area contributed by atoms with E-state index in [1.165, 1.54) is 30.0 Å². The van der Waals surface area contributed by atoms with Crippen LogP contribution < -0.4 is 20.1 Å². The predicted octanol–water partition coefficient (Wildman–Crippen LogP) is 6.05. The first-order valence-corrected chi connectivity index (χ1v) is 18.8. The second-order valence-corrected chi connectivity index (χ2v) is 14.3. The third-order valence-corrected chi connectivity index (χ3v) is 10.0. The van der Waals surface area contributed by atoms with Gasteiger partial charge in [0.05, 0.1) is 40.6 Å². The number of hydrogen-bond acceptors (Lipinski definition) is 12. The number of imide groups is 2. The number of piperidine rings is 1. The van der Waals surface area contributed by atoms with Crippen LogP contribution in [0.1, 0.15) is 76.2 Å². The number of nitriles is 1. The minimum atomic E-state index is -1.10. The van der Waals surface area contributed by atoms with Crippen LogP contribution in [0.25, 0.3) is 0 Å². The van der Waals surface area contributed by atoms with E-state index in [1.807, 2.05) is 50.4 Å². The van der Waals surface area contributed by atoms with E-state index in [0.29, 0.717) is 17.5 Å². The summed E-state index contributed by atoms with van der Waals surface area (Å²) >= 11 is 8.11. The molecule has 1 unspecified atom stereocenters. The van der Waals surface area contributed by atoms with Gasteiger partial charge in [0.2, 0.25) is 11.8 Å². The average Bonchev–Trinajstić information content (AvgIpc) is 3.42. The normalized spacial score (nSPS) is 15.3. The number of anilines is 1. The van der Waals surface area contributed by atoms with Crippen molar-refractivity contribution in [1.29, 1.82) is 5.26 Å². The summed E-state index contributed by atoms with van der Waals surface area (Å²) in [6.07, 6.45) is 3.11. The van der Waals surface area contributed by atoms with E-state index in [1.54, 1.807) is 18.3 Å². The molecule has 1 saturated heterocycles. The Labute approximate surface area is 325 Å². The van der Waals surface area contributed by atoms with E-state index in [9.17, 15) is 29.2 Å². The number of nitrogens with one attached hydrogen (secondary N) is 2. The van der Waals surface area contributed by atoms with Crippen molar-refractivity contribution < 1.29 is 38.2 Å². The SMILES string of the molecule is CSc1nccc(COc2ccc(C(C)(C)c3cc(Cl)c(OCCCOC(=O)Nc4ccc5c(c4)C(=O)N(C4CCC(=O)NC4=O)C5=O)c(C#N)c3)cc2)n1. The molecule has 3 aromatic carbocycles. The molecule has 5 amide bonds. The first kappa shape index (κ1) is 38.7. The van der Waals surface area contributed by atoms with E-state index < -0.39 is 41.2 Å². The van der Waals surface area contributed by atoms with Crippen LogP contribution in [0.4, 0.5) is 10.5 Å². The van der Waals surface area contributed by atoms with Crippen LogP contribution in [0.3, 0.4) is 0 Å². The number of ether oxygens (including phenoxy) is 3. The van der Waals surface area contributed by atoms with E-state index in [4.69, 9.17) is 25.8 Å². The van der Waals surface area contributed by atoms with Gasteiger partial charge in [0.15, 0.2) is 10.9 Å². The van der Waals surface area contributed by atoms with Crippen molar-refractivity contribution in [3.63, 3.8) is 0 Å². The third-order valence-electron chi connectivity index (χ3n) is 9.18. The molecule has 1 fully saturated rings. The first-order chi connectivity index (χ1) is 26.4. The molecule has 14 nitrogen and oxygen atoms in total. The van der Waals surface area contributed by atoms with Gasteiger partial charge in [-0.1, -0.05) is 49.3 Å². The van der Waals surface area contributed by atoms with Gasteiger partial charge in [-0.05, 0) is 72.3 Å². The number of thioether (sulfide) groups is 1. The second-order valence-electron chi connectivity index (χ2n) is 13.1. The highest BCUT2D eigenvalue weighted by Gasteiger charge is 2.44. The summed E-state index contributed by atoms with van der Waals surface area (Å²) in [5.41, 5.74) is 2.59. The maximum Gasteiger partial charge on any atom is 0.411 e. The lowest BCUT2D eigenvalue weighted by atomic mass is 9.77. The fourth-order valence-corrected chi connectivity index (χ4v) is 6.78. The summed E-state index contributed by atoms with van der Waals surface area (Å²) < 4.78 is 17.0. The van der Waals surface area contributed by atoms with Crippen LogP contribution in [0.2, 0.25) is 5.02 Å². The number of carbonyl (C=O) groups is 5. The summed E-state index contributed by atoms with van der Waals surface area (Å²) in [7, 11) is 0. The topological polar surface area (TPSA) is 190 Å². The fourth-order valence-electron chi connectivity index (χ4n) is 6.13. The molecule has 6 rings (SSSR count). The minimum Gasteiger partial charge on any atom is -0.490 e. The zero-order valence-corrected chi connectivity index (χ0v) is 31.6. The number of fused-ring (bicyclic) bond motifs is 1. The number of rotatable bonds is 13. The summed E-state index contributed by atoms with van der Waals surface area (Å²) in [6, 6.07) is 18.2. The Kier molecular flexibility index (Phi) is 11.7. The molecule has 2 aliphatic rings. The smallest absolute Gasteiger partial charge is 0.411 e. The molecule has 0 saturated carbocycles. The molecule has 4 aromatic rings. The summed E-state index contributed by atoms with van der Waals surface area (Å²) in [5, 5.41) is 15.6. The summed E-state index contributed by atoms with van der Waals surface area (Å²) in [5.74, 6) is -1.63. The van der Waals surface area contributed by atoms with E-state index in [2.05, 4.69) is 26.7 Å². The molecule has 55 heavy (non-hydrogen) atoms. The molecule has 1 aromatic heterocycles. The van der Waals surface area contributed by atoms with Crippen molar-refractivity contribution in [3.8, 4) is 17.6 Å². The van der Waals surface area contributed by atoms with Crippen LogP contribution in [0.5, 0.6) is 11.5 Å². The Balaban J connectivity index is 0.994. The van der Waals surface area contributed by atoms with Gasteiger partial charge in [0, 0.05) is 30.1 Å². The molecule has 0 aliphatic carbocycles. The molecule has 1 atom stereocenters. The van der Waals surface area contributed by atoms with Crippen LogP contribution in [-0.4, -0.2) is 70.1 Å². The van der Waals surface area contributed by atoms with Crippen molar-refractivity contribution >= 4 is 58.8 Å². The van der Waals surface area contributed by atoms with Gasteiger partial charge in [-0.25, -0.2) is 14.8 Å². The number of amides is 5. The largest absolute Gasteiger partial charge is 0.490 e. The van der Waals surface area contributed by atoms with Gasteiger partial charge >= 0.3 is 6.09 Å². The van der Waals surface area contributed by atoms with Crippen molar-refractivity contribution in [2.75, 3.05) is 24.8 Å². The van der Waals surface area contributed by atoms with Gasteiger partial charge in [-0.3, -0.25) is 34.7 Å². The van der Waals surface area contributed by atoms with Crippen molar-refractivity contribution in [3.05, 3.63) is 105 Å². The number of aromatic nitrogens is 2. The van der Waals surface area contributed by atoms with Gasteiger partial charge in [-0.15, -0.1) is 0 Å². The lowest BCUT2D eigenvalue weighted by Crippen LogP contribution is -2.54. The molecule has 282 valence electrons. The van der Waals surface area contributed by atoms with Crippen molar-refractivity contribution in [2.24, 2.45) is 0 Å². The standard InChI is InChI=1S/C39H35ClN6O8S/c1-39(2,23-5-8-27(9-6-23)54-21-26-13-14-42-37(43-26)55-3)24-17-22(20-41)33(30(40)18-24)52-15-4-16-53-38(51)44-25-7-10-28-29(19-25)36(50)46(35(28)49)31-11-12-32(47)45-34(31)48/h5-10,13-14,17-19,31H,4,11-12,15-16,21H2,1-3H3,(H,44,51)(H,45,47,48). The van der Waals surface area contributed by atoms with Crippen LogP contribution in [-0.2, 0) is 26.3 Å². The van der Waals surface area contributed by atoms with E-state index in [-0.39, 0.29) is 65.6 Å². The van der Waals surface area contributed by atoms with Gasteiger partial charge in [-0.2, -0.15) is 5.26 Å². The van der Waals surface area contributed by atoms with Crippen molar-refractivity contribution in [2.45, 2.75) is 56.3 Å². The van der Waals surface area contributed by atoms with Crippen LogP contribution in [0.15, 0.2) is 72.0 Å². The first-order valence-electron chi connectivity index (χ1n) is 17.1. The lowest BCUT2D eigenvalue weighted by molar-refractivity contribution is -0.136. The van der Waals surface area contributed by atoms with Crippen LogP contribution >= 0.6 is 23.4 Å². The molecule has 2 aliphatic heterocycles. The Bertz CT molecular complexity index is 2220. The van der Waals surface area contributed by atoms with Crippen LogP contribution in [0, 0.1) is 11.3 Å². The number of nitrogens with zero attached hydrogens (tertiary/aromatic N) is 4. The number of carbonyl (C=O) groups excluding carboxylic acids is 5. The van der Waals surface area contributed by atoms with Gasteiger partial charge < -0.3 is 14.2 Å². The lowest BCUT2D eigenvalue weighted by Gasteiger charge is -2.27. The molecule has 0 radical (unpaired) electrons. The number of benzene rings is 3. The highest BCUT2D eigenvalue weighted by Crippen LogP contribution is 2.39. The average molecular weight is 783 g/mol. The summed E-state index contributed by atoms with van der Waals surface area (Å²) in [6.45, 7) is 4.41. The maximum absolute atomic E-state index is 13.1. The molecular weight excluding hydrogens is 748 g/mol. The highest BCUT2D eigenvalue weighted by atomic mass is 35.5. The number of halogens is 1. The molecule has 2 N–H and O–H groups in total. The molecular formula is C39H35ClN6O8S. The maximum atomic E-state index is 13.1. The Hall–Kier alpha value is -5.98. The fraction of sp³-hybridized carbons (Fsp3) is 0.282. The van der Waals surface area contributed by atoms with E-state index >= 15 is 0 Å². The van der Waals surface area contributed by atoms with Gasteiger partial charge in [0.1, 0.15) is 24.5 Å². The number of hydrogen-bond donors (Lipinski definition) is 2. The minimum absolute atomic E-state index is 0.00455. The third kappa shape index (κ3) is 8.56.